The summed E-state index contributed by atoms with van der Waals surface area (Å²) in [6.07, 6.45) is 2.66. The zero-order valence-corrected chi connectivity index (χ0v) is 12.1. The summed E-state index contributed by atoms with van der Waals surface area (Å²) >= 11 is 0. The molecule has 0 radical (unpaired) electrons. The van der Waals surface area contributed by atoms with Gasteiger partial charge in [-0.3, -0.25) is 4.90 Å². The zero-order valence-electron chi connectivity index (χ0n) is 11.3. The van der Waals surface area contributed by atoms with Crippen molar-refractivity contribution in [3.05, 3.63) is 0 Å². The molecule has 1 fully saturated rings. The minimum Gasteiger partial charge on any atom is -0.314 e. The van der Waals surface area contributed by atoms with Gasteiger partial charge in [-0.05, 0) is 33.2 Å². The smallest absolute Gasteiger partial charge is 0.153 e. The fraction of sp³-hybridized carbons (Fsp3) is 1.00. The van der Waals surface area contributed by atoms with Crippen molar-refractivity contribution >= 4 is 9.84 Å². The third kappa shape index (κ3) is 5.36. The fourth-order valence-electron chi connectivity index (χ4n) is 1.84. The molecule has 0 amide bonds. The summed E-state index contributed by atoms with van der Waals surface area (Å²) in [5, 5.41) is 2.96. The Morgan fingerprint density at radius 3 is 2.41 bits per heavy atom. The number of rotatable bonds is 9. The summed E-state index contributed by atoms with van der Waals surface area (Å²) in [5.41, 5.74) is 0. The Bertz CT molecular complexity index is 310. The van der Waals surface area contributed by atoms with Gasteiger partial charge in [0.2, 0.25) is 0 Å². The number of nitrogens with zero attached hydrogens (tertiary/aromatic N) is 1. The highest BCUT2D eigenvalue weighted by Crippen LogP contribution is 2.25. The number of hydrogen-bond acceptors (Lipinski definition) is 4. The average molecular weight is 262 g/mol. The summed E-state index contributed by atoms with van der Waals surface area (Å²) in [4.78, 5) is 2.46. The third-order valence-corrected chi connectivity index (χ3v) is 5.54. The Labute approximate surface area is 106 Å². The molecule has 0 saturated heterocycles. The van der Waals surface area contributed by atoms with Crippen LogP contribution >= 0.6 is 0 Å². The van der Waals surface area contributed by atoms with Crippen molar-refractivity contribution in [1.82, 2.24) is 10.2 Å². The first-order valence-corrected chi connectivity index (χ1v) is 8.35. The molecule has 1 saturated carbocycles. The van der Waals surface area contributed by atoms with Crippen LogP contribution in [0.2, 0.25) is 0 Å². The Morgan fingerprint density at radius 1 is 1.29 bits per heavy atom. The van der Waals surface area contributed by atoms with Crippen molar-refractivity contribution in [1.29, 1.82) is 0 Å². The molecule has 102 valence electrons. The van der Waals surface area contributed by atoms with Gasteiger partial charge < -0.3 is 5.32 Å². The van der Waals surface area contributed by atoms with Crippen LogP contribution in [0.15, 0.2) is 0 Å². The Kier molecular flexibility index (Phi) is 5.89. The summed E-state index contributed by atoms with van der Waals surface area (Å²) in [7, 11) is -2.88. The van der Waals surface area contributed by atoms with E-state index in [9.17, 15) is 8.42 Å². The Morgan fingerprint density at radius 2 is 1.94 bits per heavy atom. The standard InChI is InChI=1S/C12H26N2O2S/c1-4-14(12-5-6-12)9-7-13-8-10-17(15,16)11(2)3/h11-13H,4-10H2,1-3H3. The van der Waals surface area contributed by atoms with E-state index in [1.807, 2.05) is 0 Å². The molecule has 5 heteroatoms. The first-order valence-electron chi connectivity index (χ1n) is 6.63. The van der Waals surface area contributed by atoms with Crippen LogP contribution in [-0.2, 0) is 9.84 Å². The fourth-order valence-corrected chi connectivity index (χ4v) is 2.74. The molecule has 17 heavy (non-hydrogen) atoms. The van der Waals surface area contributed by atoms with E-state index in [-0.39, 0.29) is 11.0 Å². The van der Waals surface area contributed by atoms with Crippen LogP contribution in [0.4, 0.5) is 0 Å². The third-order valence-electron chi connectivity index (χ3n) is 3.33. The van der Waals surface area contributed by atoms with E-state index >= 15 is 0 Å². The van der Waals surface area contributed by atoms with E-state index in [1.165, 1.54) is 12.8 Å². The highest BCUT2D eigenvalue weighted by atomic mass is 32.2. The minimum absolute atomic E-state index is 0.250. The van der Waals surface area contributed by atoms with Gasteiger partial charge in [0.05, 0.1) is 11.0 Å². The van der Waals surface area contributed by atoms with E-state index in [0.717, 1.165) is 25.7 Å². The molecular formula is C12H26N2O2S. The molecule has 0 aromatic heterocycles. The monoisotopic (exact) mass is 262 g/mol. The topological polar surface area (TPSA) is 49.4 Å². The van der Waals surface area contributed by atoms with Crippen molar-refractivity contribution in [2.75, 3.05) is 31.9 Å². The van der Waals surface area contributed by atoms with Crippen LogP contribution in [-0.4, -0.2) is 56.5 Å². The predicted molar refractivity (Wildman–Crippen MR) is 72.1 cm³/mol. The number of hydrogen-bond donors (Lipinski definition) is 1. The van der Waals surface area contributed by atoms with Gasteiger partial charge in [-0.25, -0.2) is 8.42 Å². The van der Waals surface area contributed by atoms with Crippen molar-refractivity contribution in [3.63, 3.8) is 0 Å². The van der Waals surface area contributed by atoms with Crippen LogP contribution in [0.1, 0.15) is 33.6 Å². The van der Waals surface area contributed by atoms with E-state index in [4.69, 9.17) is 0 Å². The Balaban J connectivity index is 2.08. The maximum atomic E-state index is 11.6. The van der Waals surface area contributed by atoms with Crippen molar-refractivity contribution in [3.8, 4) is 0 Å². The molecule has 4 nitrogen and oxygen atoms in total. The lowest BCUT2D eigenvalue weighted by Crippen LogP contribution is -2.35. The normalized spacial score (nSPS) is 17.0. The zero-order chi connectivity index (χ0) is 12.9. The molecule has 0 spiro atoms. The lowest BCUT2D eigenvalue weighted by molar-refractivity contribution is 0.278. The summed E-state index contributed by atoms with van der Waals surface area (Å²) < 4.78 is 23.1. The molecule has 0 unspecified atom stereocenters. The molecule has 1 aliphatic rings. The van der Waals surface area contributed by atoms with Gasteiger partial charge in [0, 0.05) is 25.7 Å². The van der Waals surface area contributed by atoms with Gasteiger partial charge in [-0.1, -0.05) is 6.92 Å². The lowest BCUT2D eigenvalue weighted by Gasteiger charge is -2.19. The number of sulfone groups is 1. The first-order chi connectivity index (χ1) is 7.97. The maximum absolute atomic E-state index is 11.6. The van der Waals surface area contributed by atoms with Crippen LogP contribution in [0.25, 0.3) is 0 Å². The molecule has 0 aromatic rings. The van der Waals surface area contributed by atoms with Gasteiger partial charge in [-0.15, -0.1) is 0 Å². The maximum Gasteiger partial charge on any atom is 0.153 e. The summed E-state index contributed by atoms with van der Waals surface area (Å²) in [5.74, 6) is 0.250. The number of nitrogens with one attached hydrogen (secondary N) is 1. The average Bonchev–Trinajstić information content (AvgIpc) is 3.07. The lowest BCUT2D eigenvalue weighted by atomic mass is 10.4. The van der Waals surface area contributed by atoms with Crippen LogP contribution < -0.4 is 5.32 Å². The summed E-state index contributed by atoms with van der Waals surface area (Å²) in [6.45, 7) is 9.24. The highest BCUT2D eigenvalue weighted by Gasteiger charge is 2.27. The molecule has 0 aromatic carbocycles. The number of likely N-dealkylation sites (N-methyl/N-ethyl adjacent to an activating group) is 1. The van der Waals surface area contributed by atoms with Gasteiger partial charge in [0.1, 0.15) is 0 Å². The minimum atomic E-state index is -2.88. The largest absolute Gasteiger partial charge is 0.314 e. The van der Waals surface area contributed by atoms with Gasteiger partial charge in [0.15, 0.2) is 9.84 Å². The van der Waals surface area contributed by atoms with Crippen LogP contribution in [0.3, 0.4) is 0 Å². The molecule has 0 atom stereocenters. The predicted octanol–water partition coefficient (Wildman–Crippen LogP) is 0.884. The SMILES string of the molecule is CCN(CCNCCS(=O)(=O)C(C)C)C1CC1. The second-order valence-electron chi connectivity index (χ2n) is 5.03. The van der Waals surface area contributed by atoms with Gasteiger partial charge in [0.25, 0.3) is 0 Å². The van der Waals surface area contributed by atoms with Crippen LogP contribution in [0, 0.1) is 0 Å². The van der Waals surface area contributed by atoms with Gasteiger partial charge >= 0.3 is 0 Å². The first kappa shape index (κ1) is 14.9. The Hall–Kier alpha value is -0.130. The van der Waals surface area contributed by atoms with E-state index in [2.05, 4.69) is 17.1 Å². The molecule has 1 aliphatic carbocycles. The molecular weight excluding hydrogens is 236 g/mol. The van der Waals surface area contributed by atoms with Crippen molar-refractivity contribution < 1.29 is 8.42 Å². The molecule has 0 bridgehead atoms. The van der Waals surface area contributed by atoms with E-state index < -0.39 is 9.84 Å². The van der Waals surface area contributed by atoms with E-state index in [1.54, 1.807) is 13.8 Å². The molecule has 1 rings (SSSR count). The van der Waals surface area contributed by atoms with Gasteiger partial charge in [-0.2, -0.15) is 0 Å². The highest BCUT2D eigenvalue weighted by molar-refractivity contribution is 7.92. The van der Waals surface area contributed by atoms with Crippen molar-refractivity contribution in [2.24, 2.45) is 0 Å². The van der Waals surface area contributed by atoms with Crippen LogP contribution in [0.5, 0.6) is 0 Å². The second kappa shape index (κ2) is 6.71. The van der Waals surface area contributed by atoms with E-state index in [0.29, 0.717) is 6.54 Å². The quantitative estimate of drug-likeness (QED) is 0.627. The summed E-state index contributed by atoms with van der Waals surface area (Å²) in [6, 6.07) is 0.793. The molecule has 0 heterocycles. The molecule has 1 N–H and O–H groups in total. The molecule has 0 aliphatic heterocycles. The van der Waals surface area contributed by atoms with Crippen molar-refractivity contribution in [2.45, 2.75) is 44.9 Å². The second-order valence-corrected chi connectivity index (χ2v) is 7.70.